The van der Waals surface area contributed by atoms with E-state index < -0.39 is 5.97 Å². The van der Waals surface area contributed by atoms with E-state index in [1.807, 2.05) is 17.0 Å². The fourth-order valence-electron chi connectivity index (χ4n) is 2.95. The number of benzene rings is 1. The second-order valence-corrected chi connectivity index (χ2v) is 6.64. The normalized spacial score (nSPS) is 17.8. The molecule has 26 heavy (non-hydrogen) atoms. The van der Waals surface area contributed by atoms with Gasteiger partial charge in [-0.15, -0.1) is 0 Å². The zero-order chi connectivity index (χ0) is 18.5. The summed E-state index contributed by atoms with van der Waals surface area (Å²) in [5, 5.41) is 15.7. The first kappa shape index (κ1) is 18.3. The van der Waals surface area contributed by atoms with Gasteiger partial charge in [0, 0.05) is 17.1 Å². The van der Waals surface area contributed by atoms with Crippen molar-refractivity contribution in [3.63, 3.8) is 0 Å². The van der Waals surface area contributed by atoms with E-state index in [-0.39, 0.29) is 24.9 Å². The Morgan fingerprint density at radius 1 is 1.35 bits per heavy atom. The first-order valence-electron chi connectivity index (χ1n) is 8.31. The number of halogens is 1. The van der Waals surface area contributed by atoms with E-state index in [2.05, 4.69) is 15.5 Å². The minimum absolute atomic E-state index is 0.0459. The van der Waals surface area contributed by atoms with Crippen molar-refractivity contribution >= 4 is 23.5 Å². The molecule has 0 aliphatic carbocycles. The Kier molecular flexibility index (Phi) is 5.85. The zero-order valence-corrected chi connectivity index (χ0v) is 14.8. The van der Waals surface area contributed by atoms with Gasteiger partial charge in [0.05, 0.1) is 12.5 Å². The number of likely N-dealkylation sites (tertiary alicyclic amines) is 1. The Bertz CT molecular complexity index is 777. The van der Waals surface area contributed by atoms with Gasteiger partial charge in [-0.3, -0.25) is 14.5 Å². The molecular formula is C17H19ClN4O4. The molecule has 0 spiro atoms. The van der Waals surface area contributed by atoms with Crippen LogP contribution in [0, 0.1) is 0 Å². The molecular weight excluding hydrogens is 360 g/mol. The van der Waals surface area contributed by atoms with E-state index in [1.54, 1.807) is 12.1 Å². The highest BCUT2D eigenvalue weighted by atomic mass is 35.5. The van der Waals surface area contributed by atoms with Gasteiger partial charge in [0.2, 0.25) is 17.6 Å². The van der Waals surface area contributed by atoms with Crippen molar-refractivity contribution in [3.8, 4) is 11.4 Å². The Labute approximate surface area is 155 Å². The minimum atomic E-state index is -1.06. The van der Waals surface area contributed by atoms with Crippen molar-refractivity contribution in [3.05, 3.63) is 35.2 Å². The Morgan fingerprint density at radius 2 is 2.12 bits per heavy atom. The first-order valence-corrected chi connectivity index (χ1v) is 8.69. The topological polar surface area (TPSA) is 109 Å². The molecule has 0 saturated carbocycles. The second-order valence-electron chi connectivity index (χ2n) is 6.21. The minimum Gasteiger partial charge on any atom is -0.480 e. The summed E-state index contributed by atoms with van der Waals surface area (Å²) >= 11 is 5.89. The van der Waals surface area contributed by atoms with E-state index in [4.69, 9.17) is 21.2 Å². The van der Waals surface area contributed by atoms with Crippen LogP contribution in [0.25, 0.3) is 11.4 Å². The van der Waals surface area contributed by atoms with Crippen LogP contribution in [-0.2, 0) is 9.59 Å². The van der Waals surface area contributed by atoms with Crippen LogP contribution in [0.5, 0.6) is 0 Å². The van der Waals surface area contributed by atoms with Crippen molar-refractivity contribution in [1.82, 2.24) is 20.4 Å². The number of hydrogen-bond acceptors (Lipinski definition) is 6. The Balaban J connectivity index is 1.60. The monoisotopic (exact) mass is 378 g/mol. The number of hydrogen-bond donors (Lipinski definition) is 2. The molecule has 1 fully saturated rings. The zero-order valence-electron chi connectivity index (χ0n) is 14.0. The second kappa shape index (κ2) is 8.29. The smallest absolute Gasteiger partial charge is 0.322 e. The lowest BCUT2D eigenvalue weighted by Gasteiger charge is -2.30. The summed E-state index contributed by atoms with van der Waals surface area (Å²) in [5.74, 6) is -0.265. The lowest BCUT2D eigenvalue weighted by molar-refractivity contribution is -0.138. The highest BCUT2D eigenvalue weighted by molar-refractivity contribution is 6.30. The van der Waals surface area contributed by atoms with E-state index in [0.717, 1.165) is 24.9 Å². The number of carboxylic acid groups (broad SMARTS) is 1. The van der Waals surface area contributed by atoms with Gasteiger partial charge < -0.3 is 14.9 Å². The van der Waals surface area contributed by atoms with Crippen molar-refractivity contribution in [2.75, 3.05) is 26.2 Å². The van der Waals surface area contributed by atoms with Crippen LogP contribution < -0.4 is 5.32 Å². The van der Waals surface area contributed by atoms with Crippen LogP contribution in [0.2, 0.25) is 5.02 Å². The number of aromatic nitrogens is 2. The average molecular weight is 379 g/mol. The maximum atomic E-state index is 11.8. The molecule has 9 heteroatoms. The third-order valence-electron chi connectivity index (χ3n) is 4.20. The number of nitrogens with zero attached hydrogens (tertiary/aromatic N) is 3. The maximum absolute atomic E-state index is 11.8. The number of piperidine rings is 1. The van der Waals surface area contributed by atoms with Crippen LogP contribution in [-0.4, -0.2) is 58.2 Å². The molecule has 0 bridgehead atoms. The molecule has 1 unspecified atom stereocenters. The van der Waals surface area contributed by atoms with Gasteiger partial charge in [-0.2, -0.15) is 4.98 Å². The lowest BCUT2D eigenvalue weighted by Crippen LogP contribution is -2.43. The van der Waals surface area contributed by atoms with Crippen molar-refractivity contribution in [2.24, 2.45) is 0 Å². The number of aliphatic carboxylic acids is 1. The molecule has 3 rings (SSSR count). The van der Waals surface area contributed by atoms with Gasteiger partial charge in [-0.1, -0.05) is 16.8 Å². The molecule has 2 heterocycles. The van der Waals surface area contributed by atoms with Crippen LogP contribution in [0.15, 0.2) is 28.8 Å². The highest BCUT2D eigenvalue weighted by Gasteiger charge is 2.27. The number of carboxylic acids is 1. The molecule has 2 aromatic rings. The summed E-state index contributed by atoms with van der Waals surface area (Å²) in [4.78, 5) is 28.8. The molecule has 1 saturated heterocycles. The average Bonchev–Trinajstić information content (AvgIpc) is 3.11. The SMILES string of the molecule is O=C(O)CNC(=O)CN1CCCC(c2nc(-c3ccc(Cl)cc3)no2)C1. The van der Waals surface area contributed by atoms with Crippen LogP contribution in [0.4, 0.5) is 0 Å². The molecule has 1 amide bonds. The Hall–Kier alpha value is -2.45. The van der Waals surface area contributed by atoms with Crippen LogP contribution >= 0.6 is 11.6 Å². The summed E-state index contributed by atoms with van der Waals surface area (Å²) in [6.07, 6.45) is 1.80. The highest BCUT2D eigenvalue weighted by Crippen LogP contribution is 2.27. The molecule has 1 aromatic carbocycles. The van der Waals surface area contributed by atoms with Crippen molar-refractivity contribution in [2.45, 2.75) is 18.8 Å². The largest absolute Gasteiger partial charge is 0.480 e. The van der Waals surface area contributed by atoms with E-state index in [1.165, 1.54) is 0 Å². The fraction of sp³-hybridized carbons (Fsp3) is 0.412. The molecule has 1 aliphatic heterocycles. The summed E-state index contributed by atoms with van der Waals surface area (Å²) in [6, 6.07) is 7.20. The fourth-order valence-corrected chi connectivity index (χ4v) is 3.08. The predicted octanol–water partition coefficient (Wildman–Crippen LogP) is 1.77. The van der Waals surface area contributed by atoms with E-state index >= 15 is 0 Å². The standard InChI is InChI=1S/C17H19ClN4O4/c18-13-5-3-11(4-6-13)16-20-17(26-21-16)12-2-1-7-22(9-12)10-14(23)19-8-15(24)25/h3-6,12H,1-2,7-10H2,(H,19,23)(H,24,25). The number of rotatable bonds is 6. The maximum Gasteiger partial charge on any atom is 0.322 e. The van der Waals surface area contributed by atoms with Gasteiger partial charge in [-0.25, -0.2) is 0 Å². The molecule has 8 nitrogen and oxygen atoms in total. The summed E-state index contributed by atoms with van der Waals surface area (Å²) in [5.41, 5.74) is 0.824. The molecule has 1 aliphatic rings. The number of amides is 1. The molecule has 0 radical (unpaired) electrons. The van der Waals surface area contributed by atoms with Crippen LogP contribution in [0.3, 0.4) is 0 Å². The molecule has 2 N–H and O–H groups in total. The van der Waals surface area contributed by atoms with Gasteiger partial charge in [0.1, 0.15) is 6.54 Å². The van der Waals surface area contributed by atoms with Crippen molar-refractivity contribution < 1.29 is 19.2 Å². The third-order valence-corrected chi connectivity index (χ3v) is 4.45. The third kappa shape index (κ3) is 4.80. The quantitative estimate of drug-likeness (QED) is 0.788. The molecule has 138 valence electrons. The molecule has 1 aromatic heterocycles. The predicted molar refractivity (Wildman–Crippen MR) is 93.8 cm³/mol. The van der Waals surface area contributed by atoms with Gasteiger partial charge in [0.15, 0.2) is 0 Å². The van der Waals surface area contributed by atoms with Gasteiger partial charge >= 0.3 is 5.97 Å². The van der Waals surface area contributed by atoms with E-state index in [9.17, 15) is 9.59 Å². The summed E-state index contributed by atoms with van der Waals surface area (Å²) < 4.78 is 5.42. The first-order chi connectivity index (χ1) is 12.5. The van der Waals surface area contributed by atoms with Gasteiger partial charge in [-0.05, 0) is 43.7 Å². The molecule has 1 atom stereocenters. The number of nitrogens with one attached hydrogen (secondary N) is 1. The van der Waals surface area contributed by atoms with Crippen LogP contribution in [0.1, 0.15) is 24.7 Å². The number of carbonyl (C=O) groups is 2. The van der Waals surface area contributed by atoms with Gasteiger partial charge in [0.25, 0.3) is 0 Å². The van der Waals surface area contributed by atoms with E-state index in [0.29, 0.717) is 23.3 Å². The summed E-state index contributed by atoms with van der Waals surface area (Å²) in [7, 11) is 0. The van der Waals surface area contributed by atoms with Crippen molar-refractivity contribution in [1.29, 1.82) is 0 Å². The Morgan fingerprint density at radius 3 is 2.85 bits per heavy atom. The number of carbonyl (C=O) groups excluding carboxylic acids is 1. The lowest BCUT2D eigenvalue weighted by atomic mass is 9.98. The summed E-state index contributed by atoms with van der Waals surface area (Å²) in [6.45, 7) is 1.17.